The van der Waals surface area contributed by atoms with E-state index >= 15 is 0 Å². The quantitative estimate of drug-likeness (QED) is 0.721. The first-order chi connectivity index (χ1) is 5.34. The lowest BCUT2D eigenvalue weighted by Gasteiger charge is -2.25. The van der Waals surface area contributed by atoms with Gasteiger partial charge >= 0.3 is 5.97 Å². The van der Waals surface area contributed by atoms with Crippen LogP contribution in [0, 0.1) is 11.8 Å². The summed E-state index contributed by atoms with van der Waals surface area (Å²) in [6, 6.07) is 0. The number of hydrogen-bond acceptors (Lipinski definition) is 1. The van der Waals surface area contributed by atoms with Crippen molar-refractivity contribution in [1.82, 2.24) is 0 Å². The Bertz CT molecular complexity index is 166. The molecule has 0 aromatic heterocycles. The fourth-order valence-corrected chi connectivity index (χ4v) is 1.01. The highest BCUT2D eigenvalue weighted by atomic mass is 19.3. The Morgan fingerprint density at radius 3 is 2.00 bits per heavy atom. The summed E-state index contributed by atoms with van der Waals surface area (Å²) >= 11 is 0. The lowest BCUT2D eigenvalue weighted by Crippen LogP contribution is -2.38. The first-order valence-electron chi connectivity index (χ1n) is 3.94. The van der Waals surface area contributed by atoms with Crippen LogP contribution < -0.4 is 0 Å². The van der Waals surface area contributed by atoms with E-state index < -0.39 is 23.7 Å². The van der Waals surface area contributed by atoms with Gasteiger partial charge in [-0.25, -0.2) is 8.78 Å². The number of aliphatic carboxylic acids is 1. The maximum Gasteiger partial charge on any atom is 0.312 e. The first-order valence-corrected chi connectivity index (χ1v) is 3.94. The summed E-state index contributed by atoms with van der Waals surface area (Å²) in [5.74, 6) is -7.02. The van der Waals surface area contributed by atoms with Crippen LogP contribution in [0.25, 0.3) is 0 Å². The highest BCUT2D eigenvalue weighted by Gasteiger charge is 2.45. The Morgan fingerprint density at radius 1 is 1.50 bits per heavy atom. The SMILES string of the molecule is CC[C@H](C(=O)O)C(F)(F)C(C)C. The molecule has 0 heterocycles. The standard InChI is InChI=1S/C8H14F2O2/c1-4-6(7(11)12)8(9,10)5(2)3/h5-6H,4H2,1-3H3,(H,11,12)/t6-/m1/s1. The predicted molar refractivity (Wildman–Crippen MR) is 41.2 cm³/mol. The summed E-state index contributed by atoms with van der Waals surface area (Å²) < 4.78 is 26.2. The average Bonchev–Trinajstić information content (AvgIpc) is 1.86. The molecule has 0 aliphatic carbocycles. The Labute approximate surface area is 70.6 Å². The first kappa shape index (κ1) is 11.3. The average molecular weight is 180 g/mol. The largest absolute Gasteiger partial charge is 0.481 e. The zero-order chi connectivity index (χ0) is 9.94. The van der Waals surface area contributed by atoms with Gasteiger partial charge in [0.05, 0.1) is 0 Å². The number of rotatable bonds is 4. The predicted octanol–water partition coefficient (Wildman–Crippen LogP) is 2.39. The van der Waals surface area contributed by atoms with E-state index in [0.29, 0.717) is 0 Å². The molecule has 4 heteroatoms. The van der Waals surface area contributed by atoms with Crippen LogP contribution in [0.5, 0.6) is 0 Å². The number of carboxylic acids is 1. The fourth-order valence-electron chi connectivity index (χ4n) is 1.01. The number of carboxylic acid groups (broad SMARTS) is 1. The van der Waals surface area contributed by atoms with E-state index in [-0.39, 0.29) is 6.42 Å². The molecule has 1 atom stereocenters. The summed E-state index contributed by atoms with van der Waals surface area (Å²) in [7, 11) is 0. The Hall–Kier alpha value is -0.670. The van der Waals surface area contributed by atoms with Gasteiger partial charge < -0.3 is 5.11 Å². The number of carbonyl (C=O) groups is 1. The number of halogens is 2. The molecule has 72 valence electrons. The van der Waals surface area contributed by atoms with Gasteiger partial charge in [-0.2, -0.15) is 0 Å². The van der Waals surface area contributed by atoms with E-state index in [1.807, 2.05) is 0 Å². The molecular formula is C8H14F2O2. The molecule has 2 nitrogen and oxygen atoms in total. The number of alkyl halides is 2. The van der Waals surface area contributed by atoms with E-state index in [1.165, 1.54) is 20.8 Å². The smallest absolute Gasteiger partial charge is 0.312 e. The van der Waals surface area contributed by atoms with Gasteiger partial charge in [-0.15, -0.1) is 0 Å². The molecule has 0 fully saturated rings. The van der Waals surface area contributed by atoms with Crippen LogP contribution in [0.1, 0.15) is 27.2 Å². The van der Waals surface area contributed by atoms with Gasteiger partial charge in [0.1, 0.15) is 5.92 Å². The van der Waals surface area contributed by atoms with Gasteiger partial charge in [0.25, 0.3) is 5.92 Å². The van der Waals surface area contributed by atoms with Crippen LogP contribution in [-0.2, 0) is 4.79 Å². The molecule has 0 radical (unpaired) electrons. The molecule has 0 saturated carbocycles. The fraction of sp³-hybridized carbons (Fsp3) is 0.875. The second kappa shape index (κ2) is 3.83. The van der Waals surface area contributed by atoms with Crippen LogP contribution in [0.3, 0.4) is 0 Å². The third-order valence-electron chi connectivity index (χ3n) is 1.94. The van der Waals surface area contributed by atoms with E-state index in [4.69, 9.17) is 5.11 Å². The normalized spacial score (nSPS) is 14.8. The van der Waals surface area contributed by atoms with Crippen molar-refractivity contribution in [3.8, 4) is 0 Å². The van der Waals surface area contributed by atoms with E-state index in [2.05, 4.69) is 0 Å². The van der Waals surface area contributed by atoms with Crippen molar-refractivity contribution in [3.63, 3.8) is 0 Å². The molecular weight excluding hydrogens is 166 g/mol. The Morgan fingerprint density at radius 2 is 1.92 bits per heavy atom. The van der Waals surface area contributed by atoms with Crippen molar-refractivity contribution in [2.75, 3.05) is 0 Å². The van der Waals surface area contributed by atoms with Crippen molar-refractivity contribution in [2.45, 2.75) is 33.1 Å². The second-order valence-corrected chi connectivity index (χ2v) is 3.13. The number of hydrogen-bond donors (Lipinski definition) is 1. The van der Waals surface area contributed by atoms with Gasteiger partial charge in [-0.05, 0) is 6.42 Å². The van der Waals surface area contributed by atoms with Crippen molar-refractivity contribution in [3.05, 3.63) is 0 Å². The Kier molecular flexibility index (Phi) is 3.61. The van der Waals surface area contributed by atoms with Gasteiger partial charge in [-0.3, -0.25) is 4.79 Å². The minimum atomic E-state index is -3.11. The third kappa shape index (κ3) is 2.16. The third-order valence-corrected chi connectivity index (χ3v) is 1.94. The minimum absolute atomic E-state index is 0.0412. The lowest BCUT2D eigenvalue weighted by atomic mass is 9.90. The summed E-state index contributed by atoms with van der Waals surface area (Å²) in [5, 5.41) is 8.48. The highest BCUT2D eigenvalue weighted by Crippen LogP contribution is 2.34. The Balaban J connectivity index is 4.59. The highest BCUT2D eigenvalue weighted by molar-refractivity contribution is 5.71. The van der Waals surface area contributed by atoms with E-state index in [9.17, 15) is 13.6 Å². The summed E-state index contributed by atoms with van der Waals surface area (Å²) in [5.41, 5.74) is 0. The van der Waals surface area contributed by atoms with Gasteiger partial charge in [0, 0.05) is 5.92 Å². The molecule has 12 heavy (non-hydrogen) atoms. The van der Waals surface area contributed by atoms with Crippen LogP contribution in [0.15, 0.2) is 0 Å². The summed E-state index contributed by atoms with van der Waals surface area (Å²) in [6.45, 7) is 4.10. The van der Waals surface area contributed by atoms with Crippen LogP contribution in [0.4, 0.5) is 8.78 Å². The zero-order valence-corrected chi connectivity index (χ0v) is 7.47. The maximum absolute atomic E-state index is 13.1. The lowest BCUT2D eigenvalue weighted by molar-refractivity contribution is -0.164. The molecule has 0 aromatic carbocycles. The van der Waals surface area contributed by atoms with E-state index in [0.717, 1.165) is 0 Å². The zero-order valence-electron chi connectivity index (χ0n) is 7.47. The topological polar surface area (TPSA) is 37.3 Å². The molecule has 0 spiro atoms. The summed E-state index contributed by atoms with van der Waals surface area (Å²) in [6.07, 6.45) is -0.0412. The van der Waals surface area contributed by atoms with Crippen LogP contribution in [0.2, 0.25) is 0 Å². The molecule has 0 bridgehead atoms. The van der Waals surface area contributed by atoms with Crippen molar-refractivity contribution in [2.24, 2.45) is 11.8 Å². The molecule has 1 N–H and O–H groups in total. The monoisotopic (exact) mass is 180 g/mol. The van der Waals surface area contributed by atoms with Gasteiger partial charge in [0.2, 0.25) is 0 Å². The molecule has 0 rings (SSSR count). The summed E-state index contributed by atoms with van der Waals surface area (Å²) in [4.78, 5) is 10.4. The van der Waals surface area contributed by atoms with Gasteiger partial charge in [-0.1, -0.05) is 20.8 Å². The van der Waals surface area contributed by atoms with Crippen LogP contribution in [-0.4, -0.2) is 17.0 Å². The van der Waals surface area contributed by atoms with Crippen molar-refractivity contribution in [1.29, 1.82) is 0 Å². The molecule has 0 aliphatic heterocycles. The maximum atomic E-state index is 13.1. The molecule has 0 aliphatic rings. The molecule has 0 aromatic rings. The van der Waals surface area contributed by atoms with Crippen molar-refractivity contribution >= 4 is 5.97 Å². The molecule has 0 unspecified atom stereocenters. The molecule has 0 saturated heterocycles. The van der Waals surface area contributed by atoms with E-state index in [1.54, 1.807) is 0 Å². The van der Waals surface area contributed by atoms with Crippen LogP contribution >= 0.6 is 0 Å². The van der Waals surface area contributed by atoms with Crippen molar-refractivity contribution < 1.29 is 18.7 Å². The second-order valence-electron chi connectivity index (χ2n) is 3.13. The minimum Gasteiger partial charge on any atom is -0.481 e. The molecule has 0 amide bonds. The van der Waals surface area contributed by atoms with Gasteiger partial charge in [0.15, 0.2) is 0 Å².